The van der Waals surface area contributed by atoms with Gasteiger partial charge in [-0.3, -0.25) is 4.90 Å². The number of fused-ring (bicyclic) bond motifs is 3. The summed E-state index contributed by atoms with van der Waals surface area (Å²) in [4.78, 5) is 25.6. The summed E-state index contributed by atoms with van der Waals surface area (Å²) >= 11 is 1.48. The number of hydrogen-bond donors (Lipinski definition) is 2. The van der Waals surface area contributed by atoms with Crippen LogP contribution in [0.4, 0.5) is 9.93 Å². The molecule has 3 heterocycles. The highest BCUT2D eigenvalue weighted by molar-refractivity contribution is 7.22. The molecule has 7 heteroatoms. The van der Waals surface area contributed by atoms with E-state index in [1.807, 2.05) is 12.1 Å². The number of carbonyl (C=O) groups is 1. The van der Waals surface area contributed by atoms with Crippen molar-refractivity contribution in [2.75, 3.05) is 11.4 Å². The molecule has 1 fully saturated rings. The van der Waals surface area contributed by atoms with Crippen molar-refractivity contribution in [1.29, 1.82) is 0 Å². The Morgan fingerprint density at radius 2 is 2.38 bits per heavy atom. The Hall–Kier alpha value is -2.59. The predicted molar refractivity (Wildman–Crippen MR) is 82.4 cm³/mol. The maximum atomic E-state index is 12.0. The van der Waals surface area contributed by atoms with Gasteiger partial charge in [-0.2, -0.15) is 0 Å². The quantitative estimate of drug-likeness (QED) is 0.675. The van der Waals surface area contributed by atoms with Crippen LogP contribution < -0.4 is 10.2 Å². The highest BCUT2D eigenvalue weighted by Crippen LogP contribution is 2.34. The fourth-order valence-electron chi connectivity index (χ4n) is 2.50. The van der Waals surface area contributed by atoms with Gasteiger partial charge in [0.25, 0.3) is 0 Å². The van der Waals surface area contributed by atoms with Crippen molar-refractivity contribution in [2.45, 2.75) is 13.0 Å². The van der Waals surface area contributed by atoms with Crippen molar-refractivity contribution in [2.24, 2.45) is 0 Å². The number of aromatic nitrogens is 3. The number of H-pyrrole nitrogens is 1. The molecule has 0 spiro atoms. The Bertz CT molecular complexity index is 916. The molecule has 6 nitrogen and oxygen atoms in total. The van der Waals surface area contributed by atoms with Crippen LogP contribution in [0.1, 0.15) is 6.92 Å². The van der Waals surface area contributed by atoms with Crippen molar-refractivity contribution in [1.82, 2.24) is 20.3 Å². The largest absolute Gasteiger partial charge is 0.343 e. The summed E-state index contributed by atoms with van der Waals surface area (Å²) in [5.74, 6) is 5.91. The average Bonchev–Trinajstić information content (AvgIpc) is 3.15. The second-order valence-electron chi connectivity index (χ2n) is 4.67. The Morgan fingerprint density at radius 3 is 3.24 bits per heavy atom. The normalized spacial score (nSPS) is 18.0. The number of benzene rings is 1. The predicted octanol–water partition coefficient (Wildman–Crippen LogP) is 2.09. The lowest BCUT2D eigenvalue weighted by molar-refractivity contribution is 0.252. The lowest BCUT2D eigenvalue weighted by Gasteiger charge is -2.14. The molecule has 1 aliphatic heterocycles. The molecule has 104 valence electrons. The van der Waals surface area contributed by atoms with E-state index in [9.17, 15) is 4.79 Å². The zero-order valence-electron chi connectivity index (χ0n) is 11.2. The van der Waals surface area contributed by atoms with Gasteiger partial charge in [-0.1, -0.05) is 17.3 Å². The molecule has 0 saturated carbocycles. The summed E-state index contributed by atoms with van der Waals surface area (Å²) < 4.78 is 1.02. The van der Waals surface area contributed by atoms with E-state index in [0.29, 0.717) is 11.7 Å². The third kappa shape index (κ3) is 1.76. The van der Waals surface area contributed by atoms with Gasteiger partial charge < -0.3 is 10.3 Å². The molecule has 0 bridgehead atoms. The SMILES string of the molecule is CC#C[C@@H]1CNC(=O)N1c1nc2c(ccc3nc[nH]c32)s1. The fourth-order valence-corrected chi connectivity index (χ4v) is 3.52. The topological polar surface area (TPSA) is 73.9 Å². The smallest absolute Gasteiger partial charge is 0.324 e. The van der Waals surface area contributed by atoms with Gasteiger partial charge in [0.1, 0.15) is 11.6 Å². The molecule has 1 atom stereocenters. The highest BCUT2D eigenvalue weighted by Gasteiger charge is 2.33. The first kappa shape index (κ1) is 12.2. The van der Waals surface area contributed by atoms with E-state index in [2.05, 4.69) is 32.1 Å². The molecule has 3 aromatic rings. The van der Waals surface area contributed by atoms with Crippen molar-refractivity contribution >= 4 is 43.7 Å². The van der Waals surface area contributed by atoms with Crippen LogP contribution in [0.25, 0.3) is 21.3 Å². The lowest BCUT2D eigenvalue weighted by atomic mass is 10.3. The van der Waals surface area contributed by atoms with Crippen LogP contribution in [0.2, 0.25) is 0 Å². The number of thiazole rings is 1. The first-order chi connectivity index (χ1) is 10.3. The van der Waals surface area contributed by atoms with E-state index < -0.39 is 0 Å². The summed E-state index contributed by atoms with van der Waals surface area (Å²) in [6.45, 7) is 2.29. The standard InChI is InChI=1S/C14H11N5OS/c1-2-3-8-6-15-13(20)19(8)14-18-12-10(21-14)5-4-9-11(12)17-7-16-9/h4-5,7-8H,6H2,1H3,(H,15,20)(H,16,17)/t8-/m1/s1. The third-order valence-corrected chi connectivity index (χ3v) is 4.45. The average molecular weight is 297 g/mol. The second-order valence-corrected chi connectivity index (χ2v) is 5.68. The van der Waals surface area contributed by atoms with Gasteiger partial charge in [-0.25, -0.2) is 14.8 Å². The van der Waals surface area contributed by atoms with Crippen LogP contribution in [-0.2, 0) is 0 Å². The molecule has 4 rings (SSSR count). The van der Waals surface area contributed by atoms with Crippen molar-refractivity contribution in [3.8, 4) is 11.8 Å². The molecule has 0 radical (unpaired) electrons. The summed E-state index contributed by atoms with van der Waals surface area (Å²) in [5.41, 5.74) is 2.61. The molecular formula is C14H11N5OS. The Labute approximate surface area is 124 Å². The molecule has 1 aromatic carbocycles. The van der Waals surface area contributed by atoms with Gasteiger partial charge in [0.05, 0.1) is 28.6 Å². The molecular weight excluding hydrogens is 286 g/mol. The van der Waals surface area contributed by atoms with E-state index in [0.717, 1.165) is 21.3 Å². The molecule has 2 N–H and O–H groups in total. The summed E-state index contributed by atoms with van der Waals surface area (Å²) in [6.07, 6.45) is 1.65. The number of nitrogens with one attached hydrogen (secondary N) is 2. The van der Waals surface area contributed by atoms with Crippen LogP contribution in [0.3, 0.4) is 0 Å². The first-order valence-corrected chi connectivity index (χ1v) is 7.31. The number of urea groups is 1. The van der Waals surface area contributed by atoms with Crippen LogP contribution in [-0.4, -0.2) is 33.6 Å². The van der Waals surface area contributed by atoms with E-state index >= 15 is 0 Å². The summed E-state index contributed by atoms with van der Waals surface area (Å²) in [6, 6.07) is 3.61. The van der Waals surface area contributed by atoms with E-state index in [4.69, 9.17) is 0 Å². The number of carbonyl (C=O) groups excluding carboxylic acids is 1. The van der Waals surface area contributed by atoms with Crippen LogP contribution in [0, 0.1) is 11.8 Å². The molecule has 2 amide bonds. The van der Waals surface area contributed by atoms with Crippen molar-refractivity contribution < 1.29 is 4.79 Å². The van der Waals surface area contributed by atoms with Gasteiger partial charge in [-0.15, -0.1) is 5.92 Å². The van der Waals surface area contributed by atoms with Crippen LogP contribution in [0.15, 0.2) is 18.5 Å². The Morgan fingerprint density at radius 1 is 1.48 bits per heavy atom. The molecule has 21 heavy (non-hydrogen) atoms. The molecule has 1 aliphatic rings. The Balaban J connectivity index is 1.89. The number of anilines is 1. The minimum atomic E-state index is -0.166. The van der Waals surface area contributed by atoms with E-state index in [-0.39, 0.29) is 12.1 Å². The lowest BCUT2D eigenvalue weighted by Crippen LogP contribution is -2.33. The maximum absolute atomic E-state index is 12.0. The fraction of sp³-hybridized carbons (Fsp3) is 0.214. The van der Waals surface area contributed by atoms with Crippen LogP contribution >= 0.6 is 11.3 Å². The third-order valence-electron chi connectivity index (χ3n) is 3.43. The number of nitrogens with zero attached hydrogens (tertiary/aromatic N) is 3. The summed E-state index contributed by atoms with van der Waals surface area (Å²) in [7, 11) is 0. The van der Waals surface area contributed by atoms with Gasteiger partial charge in [-0.05, 0) is 19.1 Å². The minimum Gasteiger partial charge on any atom is -0.343 e. The van der Waals surface area contributed by atoms with Crippen molar-refractivity contribution in [3.05, 3.63) is 18.5 Å². The zero-order chi connectivity index (χ0) is 14.4. The molecule has 2 aromatic heterocycles. The second kappa shape index (κ2) is 4.46. The number of imidazole rings is 1. The number of aromatic amines is 1. The number of amides is 2. The highest BCUT2D eigenvalue weighted by atomic mass is 32.1. The number of rotatable bonds is 1. The monoisotopic (exact) mass is 297 g/mol. The van der Waals surface area contributed by atoms with Gasteiger partial charge in [0.2, 0.25) is 0 Å². The molecule has 1 saturated heterocycles. The Kier molecular flexibility index (Phi) is 2.59. The number of hydrogen-bond acceptors (Lipinski definition) is 4. The van der Waals surface area contributed by atoms with E-state index in [1.165, 1.54) is 11.3 Å². The first-order valence-electron chi connectivity index (χ1n) is 6.50. The van der Waals surface area contributed by atoms with Crippen LogP contribution in [0.5, 0.6) is 0 Å². The van der Waals surface area contributed by atoms with Crippen molar-refractivity contribution in [3.63, 3.8) is 0 Å². The summed E-state index contributed by atoms with van der Waals surface area (Å²) in [5, 5.41) is 3.47. The molecule has 0 unspecified atom stereocenters. The maximum Gasteiger partial charge on any atom is 0.324 e. The zero-order valence-corrected chi connectivity index (χ0v) is 12.0. The van der Waals surface area contributed by atoms with Gasteiger partial charge in [0, 0.05) is 0 Å². The van der Waals surface area contributed by atoms with Gasteiger partial charge >= 0.3 is 6.03 Å². The van der Waals surface area contributed by atoms with E-state index in [1.54, 1.807) is 18.2 Å². The van der Waals surface area contributed by atoms with Gasteiger partial charge in [0.15, 0.2) is 5.13 Å². The minimum absolute atomic E-state index is 0.150. The molecule has 0 aliphatic carbocycles.